The average molecular weight is 436 g/mol. The van der Waals surface area contributed by atoms with Crippen LogP contribution in [0.5, 0.6) is 0 Å². The second kappa shape index (κ2) is 9.03. The molecule has 2 heterocycles. The van der Waals surface area contributed by atoms with E-state index in [0.717, 1.165) is 23.0 Å². The zero-order valence-electron chi connectivity index (χ0n) is 15.5. The maximum Gasteiger partial charge on any atom is 0.256 e. The standard InChI is InChI=1S/C22H14FN3O2S2/c23-16-8-6-15(7-9-16)20-11-25-22(28-20)30-13-19(27)17(10-24)21-26-18(12-29-21)14-4-2-1-3-5-14/h1-9,11-12,17H,13H2. The first-order chi connectivity index (χ1) is 14.6. The highest BCUT2D eigenvalue weighted by Crippen LogP contribution is 2.30. The Balaban J connectivity index is 1.41. The molecule has 0 amide bonds. The first-order valence-electron chi connectivity index (χ1n) is 8.92. The number of rotatable bonds is 7. The van der Waals surface area contributed by atoms with Crippen LogP contribution < -0.4 is 0 Å². The molecule has 1 unspecified atom stereocenters. The molecule has 0 radical (unpaired) electrons. The van der Waals surface area contributed by atoms with Gasteiger partial charge >= 0.3 is 0 Å². The van der Waals surface area contributed by atoms with Gasteiger partial charge in [0, 0.05) is 16.5 Å². The number of halogens is 1. The van der Waals surface area contributed by atoms with Crippen LogP contribution in [0, 0.1) is 17.1 Å². The second-order valence-electron chi connectivity index (χ2n) is 6.25. The third-order valence-electron chi connectivity index (χ3n) is 4.24. The van der Waals surface area contributed by atoms with Gasteiger partial charge in [-0.15, -0.1) is 11.3 Å². The van der Waals surface area contributed by atoms with Crippen LogP contribution in [0.3, 0.4) is 0 Å². The molecule has 0 saturated carbocycles. The summed E-state index contributed by atoms with van der Waals surface area (Å²) < 4.78 is 18.7. The number of aromatic nitrogens is 2. The van der Waals surface area contributed by atoms with E-state index in [1.807, 2.05) is 35.7 Å². The fourth-order valence-electron chi connectivity index (χ4n) is 2.72. The number of nitrogens with zero attached hydrogens (tertiary/aromatic N) is 3. The summed E-state index contributed by atoms with van der Waals surface area (Å²) in [7, 11) is 0. The smallest absolute Gasteiger partial charge is 0.256 e. The van der Waals surface area contributed by atoms with E-state index in [4.69, 9.17) is 4.42 Å². The quantitative estimate of drug-likeness (QED) is 0.353. The summed E-state index contributed by atoms with van der Waals surface area (Å²) in [6.45, 7) is 0. The fraction of sp³-hybridized carbons (Fsp3) is 0.0909. The van der Waals surface area contributed by atoms with E-state index in [0.29, 0.717) is 21.6 Å². The van der Waals surface area contributed by atoms with Crippen LogP contribution in [-0.4, -0.2) is 21.5 Å². The van der Waals surface area contributed by atoms with E-state index in [1.165, 1.54) is 29.7 Å². The van der Waals surface area contributed by atoms with Crippen LogP contribution >= 0.6 is 23.1 Å². The molecule has 4 rings (SSSR count). The van der Waals surface area contributed by atoms with Crippen molar-refractivity contribution in [3.05, 3.63) is 77.0 Å². The molecule has 0 aliphatic rings. The minimum Gasteiger partial charge on any atom is -0.431 e. The number of carbonyl (C=O) groups is 1. The van der Waals surface area contributed by atoms with Gasteiger partial charge < -0.3 is 4.42 Å². The van der Waals surface area contributed by atoms with Crippen LogP contribution in [0.2, 0.25) is 0 Å². The zero-order chi connectivity index (χ0) is 20.9. The predicted molar refractivity (Wildman–Crippen MR) is 114 cm³/mol. The number of thiazole rings is 1. The largest absolute Gasteiger partial charge is 0.431 e. The molecule has 0 N–H and O–H groups in total. The molecular formula is C22H14FN3O2S2. The van der Waals surface area contributed by atoms with Gasteiger partial charge in [0.25, 0.3) is 5.22 Å². The highest BCUT2D eigenvalue weighted by Gasteiger charge is 2.24. The van der Waals surface area contributed by atoms with Crippen LogP contribution in [0.1, 0.15) is 10.9 Å². The first-order valence-corrected chi connectivity index (χ1v) is 10.8. The van der Waals surface area contributed by atoms with Gasteiger partial charge in [-0.05, 0) is 24.3 Å². The number of oxazole rings is 1. The Bertz CT molecular complexity index is 1200. The van der Waals surface area contributed by atoms with Crippen molar-refractivity contribution < 1.29 is 13.6 Å². The number of Topliss-reactive ketones (excluding diaryl/α,β-unsaturated/α-hetero) is 1. The second-order valence-corrected chi connectivity index (χ2v) is 8.07. The van der Waals surface area contributed by atoms with Crippen molar-refractivity contribution in [3.63, 3.8) is 0 Å². The minimum absolute atomic E-state index is 0.0296. The van der Waals surface area contributed by atoms with Gasteiger partial charge in [-0.1, -0.05) is 42.1 Å². The van der Waals surface area contributed by atoms with Crippen molar-refractivity contribution in [2.24, 2.45) is 0 Å². The zero-order valence-corrected chi connectivity index (χ0v) is 17.1. The average Bonchev–Trinajstić information content (AvgIpc) is 3.44. The molecule has 2 aromatic carbocycles. The van der Waals surface area contributed by atoms with Crippen LogP contribution in [0.15, 0.2) is 75.8 Å². The third-order valence-corrected chi connectivity index (χ3v) is 6.01. The van der Waals surface area contributed by atoms with E-state index in [2.05, 4.69) is 16.0 Å². The highest BCUT2D eigenvalue weighted by molar-refractivity contribution is 7.99. The maximum atomic E-state index is 13.0. The van der Waals surface area contributed by atoms with Gasteiger partial charge in [0.15, 0.2) is 17.5 Å². The molecule has 1 atom stereocenters. The lowest BCUT2D eigenvalue weighted by atomic mass is 10.1. The van der Waals surface area contributed by atoms with E-state index in [1.54, 1.807) is 12.1 Å². The summed E-state index contributed by atoms with van der Waals surface area (Å²) in [6.07, 6.45) is 1.52. The molecule has 0 bridgehead atoms. The molecule has 148 valence electrons. The number of ketones is 1. The lowest BCUT2D eigenvalue weighted by molar-refractivity contribution is -0.116. The topological polar surface area (TPSA) is 79.8 Å². The molecular weight excluding hydrogens is 421 g/mol. The van der Waals surface area contributed by atoms with Crippen LogP contribution in [0.25, 0.3) is 22.6 Å². The van der Waals surface area contributed by atoms with E-state index >= 15 is 0 Å². The van der Waals surface area contributed by atoms with Gasteiger partial charge in [-0.3, -0.25) is 4.79 Å². The Morgan fingerprint density at radius 3 is 2.67 bits per heavy atom. The molecule has 0 spiro atoms. The Hall–Kier alpha value is -3.28. The summed E-state index contributed by atoms with van der Waals surface area (Å²) >= 11 is 2.41. The maximum absolute atomic E-state index is 13.0. The Morgan fingerprint density at radius 2 is 1.93 bits per heavy atom. The van der Waals surface area contributed by atoms with Crippen molar-refractivity contribution in [2.75, 3.05) is 5.75 Å². The van der Waals surface area contributed by atoms with Gasteiger partial charge in [0.2, 0.25) is 0 Å². The van der Waals surface area contributed by atoms with E-state index in [9.17, 15) is 14.4 Å². The van der Waals surface area contributed by atoms with Gasteiger partial charge in [0.1, 0.15) is 10.8 Å². The van der Waals surface area contributed by atoms with Gasteiger partial charge in [-0.2, -0.15) is 5.26 Å². The summed E-state index contributed by atoms with van der Waals surface area (Å²) in [5.74, 6) is -1.03. The van der Waals surface area contributed by atoms with Crippen molar-refractivity contribution >= 4 is 28.9 Å². The van der Waals surface area contributed by atoms with E-state index in [-0.39, 0.29) is 17.4 Å². The SMILES string of the molecule is N#CC(C(=O)CSc1ncc(-c2ccc(F)cc2)o1)c1nc(-c2ccccc2)cs1. The Labute approximate surface area is 180 Å². The fourth-order valence-corrected chi connectivity index (χ4v) is 4.32. The summed E-state index contributed by atoms with van der Waals surface area (Å²) in [5, 5.41) is 12.1. The number of thioether (sulfide) groups is 1. The number of hydrogen-bond donors (Lipinski definition) is 0. The molecule has 0 saturated heterocycles. The third kappa shape index (κ3) is 4.48. The number of carbonyl (C=O) groups excluding carboxylic acids is 1. The van der Waals surface area contributed by atoms with Gasteiger partial charge in [0.05, 0.1) is 23.7 Å². The first kappa shape index (κ1) is 20.0. The number of hydrogen-bond acceptors (Lipinski definition) is 7. The molecule has 0 aliphatic carbocycles. The molecule has 0 aliphatic heterocycles. The molecule has 2 aromatic heterocycles. The Kier molecular flexibility index (Phi) is 6.02. The monoisotopic (exact) mass is 435 g/mol. The summed E-state index contributed by atoms with van der Waals surface area (Å²) in [5.41, 5.74) is 2.37. The van der Waals surface area contributed by atoms with E-state index < -0.39 is 5.92 Å². The number of nitriles is 1. The molecule has 30 heavy (non-hydrogen) atoms. The normalized spacial score (nSPS) is 11.7. The summed E-state index contributed by atoms with van der Waals surface area (Å²) in [6, 6.07) is 17.5. The van der Waals surface area contributed by atoms with Crippen molar-refractivity contribution in [1.29, 1.82) is 5.26 Å². The molecule has 4 aromatic rings. The number of benzene rings is 2. The van der Waals surface area contributed by atoms with Crippen molar-refractivity contribution in [1.82, 2.24) is 9.97 Å². The Morgan fingerprint density at radius 1 is 1.17 bits per heavy atom. The van der Waals surface area contributed by atoms with Crippen LogP contribution in [0.4, 0.5) is 4.39 Å². The molecule has 8 heteroatoms. The minimum atomic E-state index is -0.938. The highest BCUT2D eigenvalue weighted by atomic mass is 32.2. The lowest BCUT2D eigenvalue weighted by Crippen LogP contribution is -2.13. The lowest BCUT2D eigenvalue weighted by Gasteiger charge is -2.03. The summed E-state index contributed by atoms with van der Waals surface area (Å²) in [4.78, 5) is 21.2. The van der Waals surface area contributed by atoms with Crippen LogP contribution in [-0.2, 0) is 4.79 Å². The van der Waals surface area contributed by atoms with Crippen molar-refractivity contribution in [2.45, 2.75) is 11.1 Å². The molecule has 5 nitrogen and oxygen atoms in total. The van der Waals surface area contributed by atoms with Gasteiger partial charge in [-0.25, -0.2) is 14.4 Å². The van der Waals surface area contributed by atoms with Crippen molar-refractivity contribution in [3.8, 4) is 28.7 Å². The molecule has 0 fully saturated rings. The predicted octanol–water partition coefficient (Wildman–Crippen LogP) is 5.57.